The molecule has 0 aromatic carbocycles. The van der Waals surface area contributed by atoms with Crippen LogP contribution in [0.25, 0.3) is 10.9 Å². The number of fused-ring (bicyclic) bond motifs is 1. The van der Waals surface area contributed by atoms with E-state index in [4.69, 9.17) is 0 Å². The number of hydrogen-bond acceptors (Lipinski definition) is 6. The molecule has 0 bridgehead atoms. The van der Waals surface area contributed by atoms with E-state index in [1.807, 2.05) is 10.9 Å². The summed E-state index contributed by atoms with van der Waals surface area (Å²) < 4.78 is 33.7. The number of alkyl halides is 2. The van der Waals surface area contributed by atoms with Crippen molar-refractivity contribution in [3.05, 3.63) is 36.7 Å². The highest BCUT2D eigenvalue weighted by Gasteiger charge is 2.23. The van der Waals surface area contributed by atoms with Crippen LogP contribution in [0.15, 0.2) is 31.1 Å². The molecule has 3 heterocycles. The van der Waals surface area contributed by atoms with Crippen LogP contribution in [-0.4, -0.2) is 69.3 Å². The molecule has 3 rings (SSSR count). The van der Waals surface area contributed by atoms with Crippen molar-refractivity contribution in [2.45, 2.75) is 13.5 Å². The zero-order chi connectivity index (χ0) is 21.0. The molecule has 11 heteroatoms. The molecular formula is C18H21F2N5O3S. The van der Waals surface area contributed by atoms with Crippen LogP contribution >= 0.6 is 12.1 Å². The smallest absolute Gasteiger partial charge is 0.388 e. The number of piperazine rings is 1. The number of aromatic nitrogens is 2. The van der Waals surface area contributed by atoms with Crippen LogP contribution in [0.3, 0.4) is 0 Å². The standard InChI is InChI=1S/C18H21F2N5O3S/c1-3-14(26)21-11-15(27)23-6-8-24(9-7-23)29-25-5-4-13-16(25)12(2)10-22-17(13)28-18(19)20/h3-5,10,18H,1,6-9,11H2,2H3,(H,21,26). The van der Waals surface area contributed by atoms with Gasteiger partial charge >= 0.3 is 6.61 Å². The molecule has 0 saturated carbocycles. The van der Waals surface area contributed by atoms with Crippen LogP contribution in [0.1, 0.15) is 5.56 Å². The van der Waals surface area contributed by atoms with Crippen molar-refractivity contribution >= 4 is 34.9 Å². The Balaban J connectivity index is 1.62. The van der Waals surface area contributed by atoms with Crippen molar-refractivity contribution in [2.24, 2.45) is 0 Å². The van der Waals surface area contributed by atoms with Gasteiger partial charge in [-0.15, -0.1) is 0 Å². The fourth-order valence-corrected chi connectivity index (χ4v) is 4.01. The zero-order valence-electron chi connectivity index (χ0n) is 15.8. The molecule has 156 valence electrons. The third-order valence-electron chi connectivity index (χ3n) is 4.43. The minimum atomic E-state index is -2.94. The summed E-state index contributed by atoms with van der Waals surface area (Å²) in [5.41, 5.74) is 1.59. The van der Waals surface area contributed by atoms with Gasteiger partial charge < -0.3 is 15.0 Å². The summed E-state index contributed by atoms with van der Waals surface area (Å²) >= 11 is 1.44. The highest BCUT2D eigenvalue weighted by Crippen LogP contribution is 2.31. The SMILES string of the molecule is C=CC(=O)NCC(=O)N1CCN(Sn2ccc3c(OC(F)F)ncc(C)c32)CC1. The molecule has 1 fully saturated rings. The second-order valence-electron chi connectivity index (χ2n) is 6.34. The predicted molar refractivity (Wildman–Crippen MR) is 105 cm³/mol. The Morgan fingerprint density at radius 3 is 2.76 bits per heavy atom. The van der Waals surface area contributed by atoms with E-state index in [0.29, 0.717) is 31.6 Å². The van der Waals surface area contributed by atoms with Crippen molar-refractivity contribution in [1.82, 2.24) is 23.5 Å². The van der Waals surface area contributed by atoms with E-state index in [-0.39, 0.29) is 24.2 Å². The minimum absolute atomic E-state index is 0.0562. The van der Waals surface area contributed by atoms with Crippen LogP contribution in [0.5, 0.6) is 5.88 Å². The molecule has 2 amide bonds. The molecule has 0 atom stereocenters. The van der Waals surface area contributed by atoms with Crippen molar-refractivity contribution in [2.75, 3.05) is 32.7 Å². The lowest BCUT2D eigenvalue weighted by Crippen LogP contribution is -2.49. The summed E-state index contributed by atoms with van der Waals surface area (Å²) in [6.45, 7) is 4.49. The number of nitrogens with one attached hydrogen (secondary N) is 1. The second-order valence-corrected chi connectivity index (χ2v) is 7.42. The molecule has 1 N–H and O–H groups in total. The Morgan fingerprint density at radius 1 is 1.38 bits per heavy atom. The van der Waals surface area contributed by atoms with Crippen LogP contribution in [0.4, 0.5) is 8.78 Å². The van der Waals surface area contributed by atoms with Gasteiger partial charge in [-0.05, 0) is 24.6 Å². The number of aryl methyl sites for hydroxylation is 1. The quantitative estimate of drug-likeness (QED) is 0.538. The lowest BCUT2D eigenvalue weighted by Gasteiger charge is -2.33. The molecule has 0 spiro atoms. The van der Waals surface area contributed by atoms with Gasteiger partial charge in [0.05, 0.1) is 17.4 Å². The highest BCUT2D eigenvalue weighted by molar-refractivity contribution is 7.95. The van der Waals surface area contributed by atoms with Gasteiger partial charge in [-0.2, -0.15) is 8.78 Å². The van der Waals surface area contributed by atoms with Gasteiger partial charge in [-0.25, -0.2) is 9.29 Å². The number of carbonyl (C=O) groups excluding carboxylic acids is 2. The third kappa shape index (κ3) is 5.04. The molecular weight excluding hydrogens is 404 g/mol. The van der Waals surface area contributed by atoms with Gasteiger partial charge in [0.25, 0.3) is 0 Å². The molecule has 2 aromatic rings. The first-order valence-electron chi connectivity index (χ1n) is 8.92. The molecule has 29 heavy (non-hydrogen) atoms. The average Bonchev–Trinajstić information content (AvgIpc) is 3.13. The summed E-state index contributed by atoms with van der Waals surface area (Å²) in [4.78, 5) is 29.0. The molecule has 1 aliphatic heterocycles. The Hall–Kier alpha value is -2.66. The van der Waals surface area contributed by atoms with Crippen molar-refractivity contribution in [3.8, 4) is 5.88 Å². The van der Waals surface area contributed by atoms with Gasteiger partial charge in [0.15, 0.2) is 0 Å². The first kappa shape index (κ1) is 21.1. The molecule has 0 radical (unpaired) electrons. The van der Waals surface area contributed by atoms with Gasteiger partial charge in [-0.3, -0.25) is 13.6 Å². The van der Waals surface area contributed by atoms with Gasteiger partial charge in [0, 0.05) is 50.7 Å². The molecule has 8 nitrogen and oxygen atoms in total. The van der Waals surface area contributed by atoms with E-state index in [1.165, 1.54) is 18.3 Å². The minimum Gasteiger partial charge on any atom is -0.416 e. The number of rotatable bonds is 7. The maximum absolute atomic E-state index is 12.6. The Kier molecular flexibility index (Phi) is 6.70. The van der Waals surface area contributed by atoms with Crippen molar-refractivity contribution < 1.29 is 23.1 Å². The summed E-state index contributed by atoms with van der Waals surface area (Å²) in [6.07, 6.45) is 4.41. The highest BCUT2D eigenvalue weighted by atomic mass is 32.2. The molecule has 0 unspecified atom stereocenters. The Labute approximate surface area is 170 Å². The summed E-state index contributed by atoms with van der Waals surface area (Å²) in [6, 6.07) is 1.70. The first-order valence-corrected chi connectivity index (χ1v) is 9.65. The van der Waals surface area contributed by atoms with E-state index < -0.39 is 6.61 Å². The number of halogens is 2. The second kappa shape index (κ2) is 9.23. The predicted octanol–water partition coefficient (Wildman–Crippen LogP) is 1.80. The fourth-order valence-electron chi connectivity index (χ4n) is 3.00. The molecule has 2 aromatic heterocycles. The van der Waals surface area contributed by atoms with E-state index in [9.17, 15) is 18.4 Å². The van der Waals surface area contributed by atoms with Gasteiger partial charge in [0.1, 0.15) is 0 Å². The summed E-state index contributed by atoms with van der Waals surface area (Å²) in [5.74, 6) is -0.629. The number of amides is 2. The zero-order valence-corrected chi connectivity index (χ0v) is 16.6. The first-order chi connectivity index (χ1) is 13.9. The fraction of sp³-hybridized carbons (Fsp3) is 0.389. The monoisotopic (exact) mass is 425 g/mol. The normalized spacial score (nSPS) is 15.0. The van der Waals surface area contributed by atoms with E-state index >= 15 is 0 Å². The van der Waals surface area contributed by atoms with E-state index in [1.54, 1.807) is 17.2 Å². The largest absolute Gasteiger partial charge is 0.416 e. The maximum Gasteiger partial charge on any atom is 0.388 e. The van der Waals surface area contributed by atoms with Crippen molar-refractivity contribution in [3.63, 3.8) is 0 Å². The summed E-state index contributed by atoms with van der Waals surface area (Å²) in [5, 5.41) is 3.00. The van der Waals surface area contributed by atoms with Crippen LogP contribution < -0.4 is 10.1 Å². The van der Waals surface area contributed by atoms with E-state index in [0.717, 1.165) is 17.2 Å². The van der Waals surface area contributed by atoms with E-state index in [2.05, 4.69) is 25.9 Å². The third-order valence-corrected chi connectivity index (χ3v) is 5.50. The number of nitrogens with zero attached hydrogens (tertiary/aromatic N) is 4. The van der Waals surface area contributed by atoms with Crippen LogP contribution in [0, 0.1) is 6.92 Å². The summed E-state index contributed by atoms with van der Waals surface area (Å²) in [7, 11) is 0. The maximum atomic E-state index is 12.6. The van der Waals surface area contributed by atoms with Gasteiger partial charge in [-0.1, -0.05) is 6.58 Å². The van der Waals surface area contributed by atoms with Crippen LogP contribution in [0.2, 0.25) is 0 Å². The van der Waals surface area contributed by atoms with Gasteiger partial charge in [0.2, 0.25) is 17.7 Å². The average molecular weight is 425 g/mol. The number of carbonyl (C=O) groups is 2. The lowest BCUT2D eigenvalue weighted by molar-refractivity contribution is -0.133. The molecule has 1 saturated heterocycles. The number of pyridine rings is 1. The Bertz CT molecular complexity index is 912. The van der Waals surface area contributed by atoms with Crippen molar-refractivity contribution in [1.29, 1.82) is 0 Å². The number of hydrogen-bond donors (Lipinski definition) is 1. The topological polar surface area (TPSA) is 79.7 Å². The molecule has 0 aliphatic carbocycles. The van der Waals surface area contributed by atoms with Crippen LogP contribution in [-0.2, 0) is 9.59 Å². The lowest BCUT2D eigenvalue weighted by atomic mass is 10.2. The molecule has 1 aliphatic rings. The number of ether oxygens (including phenoxy) is 1. The Morgan fingerprint density at radius 2 is 2.10 bits per heavy atom.